The van der Waals surface area contributed by atoms with Gasteiger partial charge in [0.05, 0.1) is 0 Å². The summed E-state index contributed by atoms with van der Waals surface area (Å²) < 4.78 is 0.919. The summed E-state index contributed by atoms with van der Waals surface area (Å²) in [6, 6.07) is 0. The molecule has 2 fully saturated rings. The second-order valence-electron chi connectivity index (χ2n) is 5.60. The van der Waals surface area contributed by atoms with E-state index in [0.717, 1.165) is 8.34 Å². The standard InChI is InChI=1S/C10H17.Hg.HI/c1-9(2)8-4-6-10(9,3)7-5-8;;/h4-7H2,1-3H3;;1H/q;+1;/p-1. The molecule has 0 radical (unpaired) electrons. The van der Waals surface area contributed by atoms with Crippen LogP contribution in [0.1, 0.15) is 46.5 Å². The monoisotopic (exact) mass is 466 g/mol. The van der Waals surface area contributed by atoms with E-state index in [1.54, 1.807) is 12.8 Å². The molecule has 0 aromatic heterocycles. The minimum absolute atomic E-state index is 0.575. The van der Waals surface area contributed by atoms with Gasteiger partial charge >= 0.3 is 98.1 Å². The van der Waals surface area contributed by atoms with E-state index in [-0.39, 0.29) is 0 Å². The molecule has 2 rings (SSSR count). The van der Waals surface area contributed by atoms with Gasteiger partial charge in [0.1, 0.15) is 0 Å². The zero-order valence-electron chi connectivity index (χ0n) is 8.41. The minimum atomic E-state index is -0.575. The first-order valence-electron chi connectivity index (χ1n) is 5.04. The van der Waals surface area contributed by atoms with Crippen LogP contribution in [0.4, 0.5) is 0 Å². The predicted molar refractivity (Wildman–Crippen MR) is 57.1 cm³/mol. The van der Waals surface area contributed by atoms with E-state index in [9.17, 15) is 0 Å². The van der Waals surface area contributed by atoms with Crippen LogP contribution >= 0.6 is 17.7 Å². The van der Waals surface area contributed by atoms with Gasteiger partial charge in [-0.25, -0.2) is 0 Å². The van der Waals surface area contributed by atoms with Gasteiger partial charge in [0.15, 0.2) is 0 Å². The summed E-state index contributed by atoms with van der Waals surface area (Å²) in [5.41, 5.74) is 1.42. The molecule has 0 saturated heterocycles. The maximum absolute atomic E-state index is 2.82. The van der Waals surface area contributed by atoms with Crippen molar-refractivity contribution in [2.24, 2.45) is 10.8 Å². The Kier molecular flexibility index (Phi) is 2.41. The third kappa shape index (κ3) is 0.987. The van der Waals surface area contributed by atoms with Crippen LogP contribution in [-0.2, 0) is 20.2 Å². The van der Waals surface area contributed by atoms with E-state index in [1.807, 2.05) is 0 Å². The molecule has 0 N–H and O–H groups in total. The molecule has 0 amide bonds. The fraction of sp³-hybridized carbons (Fsp3) is 1.00. The Bertz CT molecular complexity index is 202. The van der Waals surface area contributed by atoms with Crippen molar-refractivity contribution in [2.75, 3.05) is 0 Å². The molecule has 0 spiro atoms. The third-order valence-electron chi connectivity index (χ3n) is 5.40. The molecular weight excluding hydrogens is 448 g/mol. The number of halogens is 1. The van der Waals surface area contributed by atoms with Crippen LogP contribution in [0.25, 0.3) is 0 Å². The summed E-state index contributed by atoms with van der Waals surface area (Å²) in [4.78, 5) is 0. The van der Waals surface area contributed by atoms with Gasteiger partial charge in [-0.1, -0.05) is 0 Å². The predicted octanol–water partition coefficient (Wildman–Crippen LogP) is 4.20. The van der Waals surface area contributed by atoms with Crippen molar-refractivity contribution in [2.45, 2.75) is 49.4 Å². The summed E-state index contributed by atoms with van der Waals surface area (Å²) in [6.45, 7) is 7.67. The van der Waals surface area contributed by atoms with E-state index in [1.165, 1.54) is 12.8 Å². The molecule has 2 aliphatic carbocycles. The molecule has 2 aliphatic rings. The first-order valence-corrected chi connectivity index (χ1v) is 23.2. The molecule has 2 heteroatoms. The SMILES string of the molecule is CC12CC[C]([Hg][I])(CC1)C2(C)C. The number of fused-ring (bicyclic) bond motifs is 2. The van der Waals surface area contributed by atoms with Crippen LogP contribution < -0.4 is 0 Å². The van der Waals surface area contributed by atoms with Crippen molar-refractivity contribution in [1.82, 2.24) is 0 Å². The fourth-order valence-electron chi connectivity index (χ4n) is 3.47. The Morgan fingerprint density at radius 1 is 1.00 bits per heavy atom. The quantitative estimate of drug-likeness (QED) is 0.403. The second kappa shape index (κ2) is 2.83. The molecule has 0 aromatic rings. The van der Waals surface area contributed by atoms with Crippen LogP contribution in [0.5, 0.6) is 0 Å². The van der Waals surface area contributed by atoms with Crippen molar-refractivity contribution in [3.05, 3.63) is 0 Å². The molecule has 0 atom stereocenters. The Hall–Kier alpha value is 1.67. The zero-order chi connectivity index (χ0) is 9.04. The Morgan fingerprint density at radius 2 is 1.50 bits per heavy atom. The normalized spacial score (nSPS) is 49.3. The van der Waals surface area contributed by atoms with Gasteiger partial charge in [-0.2, -0.15) is 0 Å². The van der Waals surface area contributed by atoms with E-state index < -0.39 is 20.2 Å². The zero-order valence-corrected chi connectivity index (χ0v) is 16.1. The molecule has 12 heavy (non-hydrogen) atoms. The summed E-state index contributed by atoms with van der Waals surface area (Å²) >= 11 is 2.25. The summed E-state index contributed by atoms with van der Waals surface area (Å²) in [6.07, 6.45) is 6.23. The van der Waals surface area contributed by atoms with Gasteiger partial charge < -0.3 is 0 Å². The number of hydrogen-bond acceptors (Lipinski definition) is 0. The van der Waals surface area contributed by atoms with Crippen molar-refractivity contribution in [3.8, 4) is 0 Å². The molecular formula is C10H17HgI. The van der Waals surface area contributed by atoms with Crippen LogP contribution in [0.2, 0.25) is 2.92 Å². The van der Waals surface area contributed by atoms with Gasteiger partial charge in [0, 0.05) is 0 Å². The molecule has 0 aromatic carbocycles. The van der Waals surface area contributed by atoms with Gasteiger partial charge in [-0.15, -0.1) is 0 Å². The van der Waals surface area contributed by atoms with E-state index in [2.05, 4.69) is 38.4 Å². The van der Waals surface area contributed by atoms with E-state index >= 15 is 0 Å². The molecule has 0 nitrogen and oxygen atoms in total. The summed E-state index contributed by atoms with van der Waals surface area (Å²) in [7, 11) is 0. The molecule has 0 aliphatic heterocycles. The van der Waals surface area contributed by atoms with Crippen LogP contribution in [0.15, 0.2) is 0 Å². The summed E-state index contributed by atoms with van der Waals surface area (Å²) in [5, 5.41) is 0. The van der Waals surface area contributed by atoms with E-state index in [0.29, 0.717) is 5.41 Å². The fourth-order valence-corrected chi connectivity index (χ4v) is 23.9. The van der Waals surface area contributed by atoms with Gasteiger partial charge in [-0.3, -0.25) is 0 Å². The van der Waals surface area contributed by atoms with E-state index in [4.69, 9.17) is 0 Å². The first-order chi connectivity index (χ1) is 5.47. The van der Waals surface area contributed by atoms with Crippen molar-refractivity contribution in [1.29, 1.82) is 0 Å². The topological polar surface area (TPSA) is 0 Å². The van der Waals surface area contributed by atoms with Gasteiger partial charge in [-0.05, 0) is 0 Å². The van der Waals surface area contributed by atoms with Gasteiger partial charge in [0.25, 0.3) is 0 Å². The molecule has 2 saturated carbocycles. The van der Waals surface area contributed by atoms with Gasteiger partial charge in [0.2, 0.25) is 0 Å². The second-order valence-corrected chi connectivity index (χ2v) is 18.6. The third-order valence-corrected chi connectivity index (χ3v) is 26.4. The van der Waals surface area contributed by atoms with Crippen LogP contribution in [0, 0.1) is 10.8 Å². The van der Waals surface area contributed by atoms with Crippen molar-refractivity contribution >= 4 is 17.7 Å². The molecule has 0 unspecified atom stereocenters. The molecule has 2 bridgehead atoms. The average molecular weight is 465 g/mol. The Balaban J connectivity index is 2.42. The molecule has 0 heterocycles. The molecule has 66 valence electrons. The number of rotatable bonds is 1. The van der Waals surface area contributed by atoms with Crippen molar-refractivity contribution < 1.29 is 20.2 Å². The average Bonchev–Trinajstić information content (AvgIpc) is 2.34. The number of hydrogen-bond donors (Lipinski definition) is 0. The first kappa shape index (κ1) is 10.2. The summed E-state index contributed by atoms with van der Waals surface area (Å²) in [5.74, 6) is 0. The Morgan fingerprint density at radius 3 is 1.67 bits per heavy atom. The van der Waals surface area contributed by atoms with Crippen molar-refractivity contribution in [3.63, 3.8) is 0 Å². The van der Waals surface area contributed by atoms with Crippen LogP contribution in [-0.4, -0.2) is 0 Å². The Labute approximate surface area is 97.1 Å². The maximum atomic E-state index is 2.82. The van der Waals surface area contributed by atoms with Crippen LogP contribution in [0.3, 0.4) is 0 Å².